The van der Waals surface area contributed by atoms with Crippen LogP contribution >= 0.6 is 0 Å². The number of carbonyl (C=O) groups excluding carboxylic acids is 1. The lowest BCUT2D eigenvalue weighted by molar-refractivity contribution is 0.0904. The molecule has 2 aromatic rings. The van der Waals surface area contributed by atoms with Gasteiger partial charge in [0.05, 0.1) is 0 Å². The first-order chi connectivity index (χ1) is 14.3. The molecule has 29 heavy (non-hydrogen) atoms. The molecule has 1 amide bonds. The van der Waals surface area contributed by atoms with E-state index in [1.807, 2.05) is 12.1 Å². The summed E-state index contributed by atoms with van der Waals surface area (Å²) in [5, 5.41) is 6.89. The first-order valence-electron chi connectivity index (χ1n) is 11.0. The number of nitrogens with zero attached hydrogens (tertiary/aromatic N) is 4. The van der Waals surface area contributed by atoms with Crippen LogP contribution in [0.15, 0.2) is 28.8 Å². The number of nitrogens with one attached hydrogen (secondary N) is 1. The van der Waals surface area contributed by atoms with Gasteiger partial charge in [-0.2, -0.15) is 4.98 Å². The fourth-order valence-corrected chi connectivity index (χ4v) is 4.17. The number of hydrogen-bond acceptors (Lipinski definition) is 6. The number of anilines is 1. The van der Waals surface area contributed by atoms with Gasteiger partial charge < -0.3 is 19.6 Å². The monoisotopic (exact) mass is 397 g/mol. The minimum Gasteiger partial charge on any atom is -0.372 e. The maximum Gasteiger partial charge on any atom is 0.316 e. The van der Waals surface area contributed by atoms with Gasteiger partial charge in [0.2, 0.25) is 5.82 Å². The number of likely N-dealkylation sites (tertiary alicyclic amines) is 1. The van der Waals surface area contributed by atoms with Crippen LogP contribution in [0, 0.1) is 0 Å². The molecule has 1 aromatic heterocycles. The van der Waals surface area contributed by atoms with Crippen LogP contribution in [0.1, 0.15) is 55.6 Å². The molecule has 0 radical (unpaired) electrons. The van der Waals surface area contributed by atoms with Crippen molar-refractivity contribution < 1.29 is 9.32 Å². The molecule has 2 aliphatic heterocycles. The van der Waals surface area contributed by atoms with Crippen LogP contribution in [0.3, 0.4) is 0 Å². The molecule has 0 spiro atoms. The first-order valence-corrected chi connectivity index (χ1v) is 11.0. The van der Waals surface area contributed by atoms with Crippen LogP contribution in [0.4, 0.5) is 5.69 Å². The summed E-state index contributed by atoms with van der Waals surface area (Å²) in [6.07, 6.45) is 8.94. The number of benzene rings is 1. The SMILES string of the molecule is O=C(NCCN1CCCCCC1)c1nc(-c2ccc(N3CCCCC3)cc2)no1. The van der Waals surface area contributed by atoms with E-state index in [1.54, 1.807) is 0 Å². The van der Waals surface area contributed by atoms with Crippen molar-refractivity contribution in [2.24, 2.45) is 0 Å². The predicted octanol–water partition coefficient (Wildman–Crippen LogP) is 3.33. The Balaban J connectivity index is 1.29. The summed E-state index contributed by atoms with van der Waals surface area (Å²) in [5.41, 5.74) is 2.08. The maximum atomic E-state index is 12.3. The van der Waals surface area contributed by atoms with Gasteiger partial charge in [0.15, 0.2) is 0 Å². The number of aromatic nitrogens is 2. The largest absolute Gasteiger partial charge is 0.372 e. The van der Waals surface area contributed by atoms with E-state index in [-0.39, 0.29) is 11.8 Å². The Morgan fingerprint density at radius 3 is 2.31 bits per heavy atom. The summed E-state index contributed by atoms with van der Waals surface area (Å²) in [7, 11) is 0. The van der Waals surface area contributed by atoms with E-state index in [1.165, 1.54) is 50.6 Å². The molecule has 0 atom stereocenters. The second-order valence-corrected chi connectivity index (χ2v) is 8.03. The Labute approximate surface area is 172 Å². The van der Waals surface area contributed by atoms with Crippen molar-refractivity contribution in [3.05, 3.63) is 30.2 Å². The topological polar surface area (TPSA) is 74.5 Å². The van der Waals surface area contributed by atoms with E-state index in [2.05, 4.69) is 37.4 Å². The molecule has 0 aliphatic carbocycles. The number of hydrogen-bond donors (Lipinski definition) is 1. The fourth-order valence-electron chi connectivity index (χ4n) is 4.17. The molecule has 2 aliphatic rings. The molecule has 3 heterocycles. The molecule has 0 unspecified atom stereocenters. The van der Waals surface area contributed by atoms with E-state index < -0.39 is 0 Å². The number of piperidine rings is 1. The zero-order valence-corrected chi connectivity index (χ0v) is 17.1. The third kappa shape index (κ3) is 5.35. The van der Waals surface area contributed by atoms with Crippen LogP contribution < -0.4 is 10.2 Å². The first kappa shape index (κ1) is 19.9. The molecule has 7 heteroatoms. The normalized spacial score (nSPS) is 18.4. The van der Waals surface area contributed by atoms with Gasteiger partial charge in [0, 0.05) is 37.4 Å². The van der Waals surface area contributed by atoms with Crippen molar-refractivity contribution in [2.45, 2.75) is 44.9 Å². The minimum atomic E-state index is -0.302. The third-order valence-electron chi connectivity index (χ3n) is 5.88. The quantitative estimate of drug-likeness (QED) is 0.806. The molecule has 0 saturated carbocycles. The highest BCUT2D eigenvalue weighted by Crippen LogP contribution is 2.23. The molecule has 1 N–H and O–H groups in total. The van der Waals surface area contributed by atoms with Gasteiger partial charge in [-0.3, -0.25) is 4.79 Å². The molecule has 4 rings (SSSR count). The molecular weight excluding hydrogens is 366 g/mol. The summed E-state index contributed by atoms with van der Waals surface area (Å²) in [5.74, 6) is 0.173. The van der Waals surface area contributed by atoms with E-state index in [9.17, 15) is 4.79 Å². The molecule has 2 fully saturated rings. The van der Waals surface area contributed by atoms with Gasteiger partial charge in [-0.15, -0.1) is 0 Å². The minimum absolute atomic E-state index is 0.0240. The molecule has 0 bridgehead atoms. The van der Waals surface area contributed by atoms with Crippen molar-refractivity contribution in [3.8, 4) is 11.4 Å². The number of amides is 1. The highest BCUT2D eigenvalue weighted by atomic mass is 16.5. The van der Waals surface area contributed by atoms with Crippen LogP contribution in [0.2, 0.25) is 0 Å². The zero-order chi connectivity index (χ0) is 19.9. The van der Waals surface area contributed by atoms with E-state index in [0.717, 1.165) is 38.3 Å². The molecule has 1 aromatic carbocycles. The Hall–Kier alpha value is -2.41. The average Bonchev–Trinajstić information content (AvgIpc) is 3.13. The van der Waals surface area contributed by atoms with Crippen molar-refractivity contribution >= 4 is 11.6 Å². The summed E-state index contributed by atoms with van der Waals surface area (Å²) in [6.45, 7) is 5.93. The molecule has 2 saturated heterocycles. The Kier molecular flexibility index (Phi) is 6.77. The van der Waals surface area contributed by atoms with Crippen molar-refractivity contribution in [2.75, 3.05) is 44.2 Å². The molecule has 7 nitrogen and oxygen atoms in total. The maximum absolute atomic E-state index is 12.3. The summed E-state index contributed by atoms with van der Waals surface area (Å²) in [6, 6.07) is 8.18. The Bertz CT molecular complexity index is 775. The molecular formula is C22H31N5O2. The smallest absolute Gasteiger partial charge is 0.316 e. The highest BCUT2D eigenvalue weighted by Gasteiger charge is 2.17. The van der Waals surface area contributed by atoms with E-state index in [0.29, 0.717) is 12.4 Å². The average molecular weight is 398 g/mol. The summed E-state index contributed by atoms with van der Waals surface area (Å²) in [4.78, 5) is 21.4. The Morgan fingerprint density at radius 1 is 0.931 bits per heavy atom. The van der Waals surface area contributed by atoms with Crippen LogP contribution in [-0.2, 0) is 0 Å². The molecule has 156 valence electrons. The van der Waals surface area contributed by atoms with E-state index in [4.69, 9.17) is 4.52 Å². The van der Waals surface area contributed by atoms with Gasteiger partial charge in [-0.1, -0.05) is 18.0 Å². The van der Waals surface area contributed by atoms with Crippen molar-refractivity contribution in [3.63, 3.8) is 0 Å². The van der Waals surface area contributed by atoms with Crippen molar-refractivity contribution in [1.82, 2.24) is 20.4 Å². The summed E-state index contributed by atoms with van der Waals surface area (Å²) < 4.78 is 5.19. The highest BCUT2D eigenvalue weighted by molar-refractivity contribution is 5.89. The van der Waals surface area contributed by atoms with Crippen LogP contribution in [0.25, 0.3) is 11.4 Å². The second-order valence-electron chi connectivity index (χ2n) is 8.03. The van der Waals surface area contributed by atoms with Gasteiger partial charge >= 0.3 is 11.8 Å². The van der Waals surface area contributed by atoms with E-state index >= 15 is 0 Å². The van der Waals surface area contributed by atoms with Crippen LogP contribution in [0.5, 0.6) is 0 Å². The van der Waals surface area contributed by atoms with Gasteiger partial charge in [0.25, 0.3) is 0 Å². The van der Waals surface area contributed by atoms with Gasteiger partial charge in [-0.25, -0.2) is 0 Å². The third-order valence-corrected chi connectivity index (χ3v) is 5.88. The zero-order valence-electron chi connectivity index (χ0n) is 17.1. The number of rotatable bonds is 6. The lowest BCUT2D eigenvalue weighted by Crippen LogP contribution is -2.35. The lowest BCUT2D eigenvalue weighted by atomic mass is 10.1. The van der Waals surface area contributed by atoms with Gasteiger partial charge in [-0.05, 0) is 69.5 Å². The van der Waals surface area contributed by atoms with Crippen LogP contribution in [-0.4, -0.2) is 60.2 Å². The fraction of sp³-hybridized carbons (Fsp3) is 0.591. The number of carbonyl (C=O) groups is 1. The Morgan fingerprint density at radius 2 is 1.59 bits per heavy atom. The van der Waals surface area contributed by atoms with Gasteiger partial charge in [0.1, 0.15) is 0 Å². The lowest BCUT2D eigenvalue weighted by Gasteiger charge is -2.28. The standard InChI is InChI=1S/C22H31N5O2/c28-21(23-12-17-26-13-4-1-2-5-14-26)22-24-20(25-29-22)18-8-10-19(11-9-18)27-15-6-3-7-16-27/h8-11H,1-7,12-17H2,(H,23,28). The van der Waals surface area contributed by atoms with Crippen molar-refractivity contribution in [1.29, 1.82) is 0 Å². The summed E-state index contributed by atoms with van der Waals surface area (Å²) >= 11 is 0. The predicted molar refractivity (Wildman–Crippen MR) is 113 cm³/mol. The second kappa shape index (κ2) is 9.87.